The van der Waals surface area contributed by atoms with E-state index in [4.69, 9.17) is 4.74 Å². The van der Waals surface area contributed by atoms with E-state index in [1.165, 1.54) is 0 Å². The molecule has 0 spiro atoms. The highest BCUT2D eigenvalue weighted by atomic mass is 16.5. The minimum atomic E-state index is -0.186. The summed E-state index contributed by atoms with van der Waals surface area (Å²) in [6.45, 7) is 10.9. The molecule has 0 saturated carbocycles. The van der Waals surface area contributed by atoms with Crippen LogP contribution in [-0.2, 0) is 9.59 Å². The number of amides is 2. The molecule has 1 N–H and O–H groups in total. The van der Waals surface area contributed by atoms with Gasteiger partial charge in [0, 0.05) is 44.5 Å². The number of benzene rings is 2. The summed E-state index contributed by atoms with van der Waals surface area (Å²) in [7, 11) is 0. The highest BCUT2D eigenvalue weighted by Gasteiger charge is 2.18. The van der Waals surface area contributed by atoms with E-state index in [0.717, 1.165) is 54.4 Å². The van der Waals surface area contributed by atoms with Crippen LogP contribution in [0.15, 0.2) is 42.5 Å². The number of carbonyl (C=O) groups excluding carboxylic acids is 2. The highest BCUT2D eigenvalue weighted by Crippen LogP contribution is 2.27. The van der Waals surface area contributed by atoms with Crippen molar-refractivity contribution < 1.29 is 14.3 Å². The number of ether oxygens (including phenoxy) is 1. The number of aryl methyl sites for hydroxylation is 1. The molecule has 0 aliphatic carbocycles. The van der Waals surface area contributed by atoms with E-state index in [1.54, 1.807) is 6.92 Å². The third-order valence-electron chi connectivity index (χ3n) is 5.39. The molecule has 30 heavy (non-hydrogen) atoms. The van der Waals surface area contributed by atoms with E-state index in [0.29, 0.717) is 5.92 Å². The van der Waals surface area contributed by atoms with Crippen LogP contribution in [0, 0.1) is 6.92 Å². The van der Waals surface area contributed by atoms with Gasteiger partial charge in [-0.05, 0) is 54.3 Å². The molecule has 160 valence electrons. The van der Waals surface area contributed by atoms with Crippen LogP contribution in [0.1, 0.15) is 37.8 Å². The van der Waals surface area contributed by atoms with Crippen molar-refractivity contribution in [3.8, 4) is 5.75 Å². The standard InChI is InChI=1S/C24H31N3O3/c1-17(2)22-10-5-18(3)15-23(22)30-16-24(29)25-20-6-8-21(9-7-20)27-13-11-26(12-14-27)19(4)28/h5-10,15,17H,11-14,16H2,1-4H3,(H,25,29). The van der Waals surface area contributed by atoms with Crippen molar-refractivity contribution in [3.05, 3.63) is 53.6 Å². The lowest BCUT2D eigenvalue weighted by atomic mass is 10.0. The molecule has 6 heteroatoms. The van der Waals surface area contributed by atoms with Gasteiger partial charge in [-0.25, -0.2) is 0 Å². The van der Waals surface area contributed by atoms with Gasteiger partial charge in [-0.1, -0.05) is 26.0 Å². The Hall–Kier alpha value is -3.02. The largest absolute Gasteiger partial charge is 0.483 e. The molecule has 0 atom stereocenters. The molecule has 0 unspecified atom stereocenters. The van der Waals surface area contributed by atoms with Crippen molar-refractivity contribution in [2.24, 2.45) is 0 Å². The predicted octanol–water partition coefficient (Wildman–Crippen LogP) is 3.80. The van der Waals surface area contributed by atoms with Crippen LogP contribution in [-0.4, -0.2) is 49.5 Å². The highest BCUT2D eigenvalue weighted by molar-refractivity contribution is 5.92. The van der Waals surface area contributed by atoms with Crippen LogP contribution in [0.3, 0.4) is 0 Å². The van der Waals surface area contributed by atoms with Gasteiger partial charge >= 0.3 is 0 Å². The van der Waals surface area contributed by atoms with E-state index in [9.17, 15) is 9.59 Å². The van der Waals surface area contributed by atoms with Crippen molar-refractivity contribution in [2.75, 3.05) is 43.0 Å². The van der Waals surface area contributed by atoms with E-state index in [1.807, 2.05) is 42.2 Å². The fraction of sp³-hybridized carbons (Fsp3) is 0.417. The second-order valence-electron chi connectivity index (χ2n) is 8.07. The Labute approximate surface area is 178 Å². The van der Waals surface area contributed by atoms with Gasteiger partial charge in [0.1, 0.15) is 5.75 Å². The maximum atomic E-state index is 12.4. The fourth-order valence-electron chi connectivity index (χ4n) is 3.62. The van der Waals surface area contributed by atoms with E-state index < -0.39 is 0 Å². The smallest absolute Gasteiger partial charge is 0.262 e. The van der Waals surface area contributed by atoms with Gasteiger partial charge in [0.2, 0.25) is 5.91 Å². The van der Waals surface area contributed by atoms with Crippen LogP contribution in [0.5, 0.6) is 5.75 Å². The Balaban J connectivity index is 1.53. The number of rotatable bonds is 6. The summed E-state index contributed by atoms with van der Waals surface area (Å²) in [6, 6.07) is 13.9. The van der Waals surface area contributed by atoms with Crippen molar-refractivity contribution in [1.82, 2.24) is 4.90 Å². The van der Waals surface area contributed by atoms with E-state index >= 15 is 0 Å². The molecule has 1 heterocycles. The van der Waals surface area contributed by atoms with Crippen molar-refractivity contribution >= 4 is 23.2 Å². The summed E-state index contributed by atoms with van der Waals surface area (Å²) in [5, 5.41) is 2.89. The van der Waals surface area contributed by atoms with Crippen molar-refractivity contribution in [1.29, 1.82) is 0 Å². The Morgan fingerprint density at radius 3 is 2.30 bits per heavy atom. The molecule has 1 saturated heterocycles. The molecule has 3 rings (SSSR count). The van der Waals surface area contributed by atoms with Crippen LogP contribution >= 0.6 is 0 Å². The van der Waals surface area contributed by atoms with Crippen molar-refractivity contribution in [3.63, 3.8) is 0 Å². The second kappa shape index (κ2) is 9.65. The summed E-state index contributed by atoms with van der Waals surface area (Å²) in [6.07, 6.45) is 0. The molecule has 0 aromatic heterocycles. The molecular formula is C24H31N3O3. The monoisotopic (exact) mass is 409 g/mol. The van der Waals surface area contributed by atoms with E-state index in [2.05, 4.69) is 36.2 Å². The first-order chi connectivity index (χ1) is 14.3. The summed E-state index contributed by atoms with van der Waals surface area (Å²) >= 11 is 0. The minimum Gasteiger partial charge on any atom is -0.483 e. The van der Waals surface area contributed by atoms with Crippen LogP contribution in [0.4, 0.5) is 11.4 Å². The van der Waals surface area contributed by atoms with Gasteiger partial charge in [0.05, 0.1) is 0 Å². The molecule has 1 fully saturated rings. The zero-order chi connectivity index (χ0) is 21.7. The van der Waals surface area contributed by atoms with Crippen molar-refractivity contribution in [2.45, 2.75) is 33.6 Å². The first kappa shape index (κ1) is 21.7. The topological polar surface area (TPSA) is 61.9 Å². The number of hydrogen-bond acceptors (Lipinski definition) is 4. The molecule has 2 aromatic rings. The number of anilines is 2. The molecule has 2 amide bonds. The second-order valence-corrected chi connectivity index (χ2v) is 8.07. The third kappa shape index (κ3) is 5.53. The molecule has 1 aliphatic heterocycles. The molecule has 0 bridgehead atoms. The van der Waals surface area contributed by atoms with Gasteiger partial charge < -0.3 is 19.9 Å². The molecule has 2 aromatic carbocycles. The lowest BCUT2D eigenvalue weighted by Crippen LogP contribution is -2.48. The van der Waals surface area contributed by atoms with Gasteiger partial charge in [-0.2, -0.15) is 0 Å². The summed E-state index contributed by atoms with van der Waals surface area (Å²) in [5.74, 6) is 1.03. The Bertz CT molecular complexity index is 885. The molecular weight excluding hydrogens is 378 g/mol. The number of piperazine rings is 1. The quantitative estimate of drug-likeness (QED) is 0.788. The average Bonchev–Trinajstić information content (AvgIpc) is 2.72. The third-order valence-corrected chi connectivity index (χ3v) is 5.39. The first-order valence-corrected chi connectivity index (χ1v) is 10.5. The van der Waals surface area contributed by atoms with Crippen LogP contribution < -0.4 is 15.0 Å². The number of hydrogen-bond donors (Lipinski definition) is 1. The van der Waals surface area contributed by atoms with Gasteiger partial charge in [0.25, 0.3) is 5.91 Å². The first-order valence-electron chi connectivity index (χ1n) is 10.5. The number of nitrogens with one attached hydrogen (secondary N) is 1. The lowest BCUT2D eigenvalue weighted by Gasteiger charge is -2.35. The van der Waals surface area contributed by atoms with E-state index in [-0.39, 0.29) is 18.4 Å². The Kier molecular flexibility index (Phi) is 6.98. The SMILES string of the molecule is CC(=O)N1CCN(c2ccc(NC(=O)COc3cc(C)ccc3C(C)C)cc2)CC1. The van der Waals surface area contributed by atoms with Gasteiger partial charge in [-0.3, -0.25) is 9.59 Å². The van der Waals surface area contributed by atoms with Gasteiger partial charge in [-0.15, -0.1) is 0 Å². The predicted molar refractivity (Wildman–Crippen MR) is 120 cm³/mol. The molecule has 0 radical (unpaired) electrons. The molecule has 6 nitrogen and oxygen atoms in total. The lowest BCUT2D eigenvalue weighted by molar-refractivity contribution is -0.129. The maximum absolute atomic E-state index is 12.4. The number of carbonyl (C=O) groups is 2. The fourth-order valence-corrected chi connectivity index (χ4v) is 3.62. The normalized spacial score (nSPS) is 14.0. The Morgan fingerprint density at radius 2 is 1.70 bits per heavy atom. The minimum absolute atomic E-state index is 0.0298. The number of nitrogens with zero attached hydrogens (tertiary/aromatic N) is 2. The van der Waals surface area contributed by atoms with Gasteiger partial charge in [0.15, 0.2) is 6.61 Å². The maximum Gasteiger partial charge on any atom is 0.262 e. The summed E-state index contributed by atoms with van der Waals surface area (Å²) < 4.78 is 5.81. The van der Waals surface area contributed by atoms with Crippen LogP contribution in [0.2, 0.25) is 0 Å². The zero-order valence-electron chi connectivity index (χ0n) is 18.3. The molecule has 1 aliphatic rings. The van der Waals surface area contributed by atoms with Crippen LogP contribution in [0.25, 0.3) is 0 Å². The summed E-state index contributed by atoms with van der Waals surface area (Å²) in [4.78, 5) is 27.9. The average molecular weight is 410 g/mol. The zero-order valence-corrected chi connectivity index (χ0v) is 18.3. The summed E-state index contributed by atoms with van der Waals surface area (Å²) in [5.41, 5.74) is 4.04. The Morgan fingerprint density at radius 1 is 1.03 bits per heavy atom.